The normalized spacial score (nSPS) is 10.7. The average molecular weight is 437 g/mol. The number of esters is 1. The van der Waals surface area contributed by atoms with Crippen LogP contribution in [0.25, 0.3) is 10.8 Å². The van der Waals surface area contributed by atoms with E-state index in [1.807, 2.05) is 66.7 Å². The van der Waals surface area contributed by atoms with Crippen molar-refractivity contribution in [2.24, 2.45) is 0 Å². The topological polar surface area (TPSA) is 63.2 Å². The third-order valence-corrected chi connectivity index (χ3v) is 4.46. The van der Waals surface area contributed by atoms with E-state index in [-0.39, 0.29) is 6.61 Å². The van der Waals surface area contributed by atoms with Crippen LogP contribution in [0.5, 0.6) is 17.2 Å². The molecule has 0 atom stereocenters. The number of ether oxygens (including phenoxy) is 5. The monoisotopic (exact) mass is 436 g/mol. The van der Waals surface area contributed by atoms with Crippen molar-refractivity contribution in [2.45, 2.75) is 6.92 Å². The Morgan fingerprint density at radius 1 is 0.781 bits per heavy atom. The molecule has 0 radical (unpaired) electrons. The van der Waals surface area contributed by atoms with Crippen LogP contribution in [0.4, 0.5) is 0 Å². The van der Waals surface area contributed by atoms with Gasteiger partial charge >= 0.3 is 5.97 Å². The molecule has 32 heavy (non-hydrogen) atoms. The van der Waals surface area contributed by atoms with Crippen LogP contribution in [0.15, 0.2) is 78.9 Å². The molecule has 6 nitrogen and oxygen atoms in total. The van der Waals surface area contributed by atoms with E-state index in [0.717, 1.165) is 28.0 Å². The molecule has 168 valence electrons. The minimum absolute atomic E-state index is 0.203. The Hall–Kier alpha value is -3.35. The fourth-order valence-corrected chi connectivity index (χ4v) is 2.88. The van der Waals surface area contributed by atoms with Gasteiger partial charge in [0.1, 0.15) is 30.5 Å². The van der Waals surface area contributed by atoms with Gasteiger partial charge in [0.15, 0.2) is 0 Å². The zero-order valence-electron chi connectivity index (χ0n) is 18.3. The van der Waals surface area contributed by atoms with E-state index in [1.54, 1.807) is 6.92 Å². The molecule has 0 aliphatic rings. The molecule has 0 amide bonds. The van der Waals surface area contributed by atoms with Crippen LogP contribution in [0.3, 0.4) is 0 Å². The molecule has 0 N–H and O–H groups in total. The number of carbonyl (C=O) groups excluding carboxylic acids is 1. The van der Waals surface area contributed by atoms with E-state index < -0.39 is 5.97 Å². The predicted octanol–water partition coefficient (Wildman–Crippen LogP) is 5.16. The Balaban J connectivity index is 1.35. The van der Waals surface area contributed by atoms with Crippen molar-refractivity contribution in [1.29, 1.82) is 0 Å². The van der Waals surface area contributed by atoms with Gasteiger partial charge in [-0.2, -0.15) is 0 Å². The summed E-state index contributed by atoms with van der Waals surface area (Å²) in [5.41, 5.74) is 0.376. The van der Waals surface area contributed by atoms with Crippen LogP contribution in [-0.4, -0.2) is 45.6 Å². The van der Waals surface area contributed by atoms with Crippen LogP contribution in [0.1, 0.15) is 6.92 Å². The summed E-state index contributed by atoms with van der Waals surface area (Å²) in [7, 11) is 0. The van der Waals surface area contributed by atoms with Gasteiger partial charge in [-0.1, -0.05) is 36.9 Å². The largest absolute Gasteiger partial charge is 0.491 e. The quantitative estimate of drug-likeness (QED) is 0.209. The molecule has 3 aromatic carbocycles. The minimum atomic E-state index is -0.407. The second-order valence-electron chi connectivity index (χ2n) is 7.04. The molecule has 0 aliphatic heterocycles. The lowest BCUT2D eigenvalue weighted by atomic mass is 10.1. The maximum atomic E-state index is 11.2. The molecular formula is C26H28O6. The fourth-order valence-electron chi connectivity index (χ4n) is 2.88. The lowest BCUT2D eigenvalue weighted by Crippen LogP contribution is -2.14. The lowest BCUT2D eigenvalue weighted by Gasteiger charge is -2.11. The fraction of sp³-hybridized carbons (Fsp3) is 0.269. The van der Waals surface area contributed by atoms with Gasteiger partial charge in [-0.25, -0.2) is 4.79 Å². The number of rotatable bonds is 13. The maximum absolute atomic E-state index is 11.2. The molecule has 3 rings (SSSR count). The highest BCUT2D eigenvalue weighted by molar-refractivity contribution is 5.89. The highest BCUT2D eigenvalue weighted by Gasteiger charge is 2.05. The van der Waals surface area contributed by atoms with Gasteiger partial charge < -0.3 is 23.7 Å². The van der Waals surface area contributed by atoms with Crippen molar-refractivity contribution in [3.63, 3.8) is 0 Å². The summed E-state index contributed by atoms with van der Waals surface area (Å²) in [5, 5.41) is 2.06. The third kappa shape index (κ3) is 7.41. The Morgan fingerprint density at radius 2 is 1.50 bits per heavy atom. The minimum Gasteiger partial charge on any atom is -0.491 e. The summed E-state index contributed by atoms with van der Waals surface area (Å²) < 4.78 is 27.6. The van der Waals surface area contributed by atoms with Crippen molar-refractivity contribution in [3.05, 3.63) is 78.9 Å². The van der Waals surface area contributed by atoms with Crippen LogP contribution in [0.2, 0.25) is 0 Å². The van der Waals surface area contributed by atoms with Gasteiger partial charge in [-0.3, -0.25) is 0 Å². The third-order valence-electron chi connectivity index (χ3n) is 4.46. The standard InChI is InChI=1S/C26H28O6/c1-20(2)26(27)31-18-16-29-14-13-28-15-17-30-23-11-12-24-21(19-23)7-6-10-25(24)32-22-8-4-3-5-9-22/h3-12,19H,1,13-18H2,2H3. The van der Waals surface area contributed by atoms with Gasteiger partial charge in [0, 0.05) is 11.0 Å². The molecule has 0 fully saturated rings. The summed E-state index contributed by atoms with van der Waals surface area (Å²) in [6.45, 7) is 7.39. The Kier molecular flexibility index (Phi) is 9.10. The average Bonchev–Trinajstić information content (AvgIpc) is 2.80. The van der Waals surface area contributed by atoms with E-state index in [0.29, 0.717) is 38.6 Å². The van der Waals surface area contributed by atoms with Gasteiger partial charge in [0.2, 0.25) is 0 Å². The molecule has 0 unspecified atom stereocenters. The van der Waals surface area contributed by atoms with Crippen molar-refractivity contribution in [3.8, 4) is 17.2 Å². The first-order valence-electron chi connectivity index (χ1n) is 10.5. The summed E-state index contributed by atoms with van der Waals surface area (Å²) in [6, 6.07) is 21.6. The van der Waals surface area contributed by atoms with E-state index in [1.165, 1.54) is 0 Å². The van der Waals surface area contributed by atoms with Gasteiger partial charge in [0.25, 0.3) is 0 Å². The predicted molar refractivity (Wildman–Crippen MR) is 123 cm³/mol. The summed E-state index contributed by atoms with van der Waals surface area (Å²) >= 11 is 0. The SMILES string of the molecule is C=C(C)C(=O)OCCOCCOCCOc1ccc2c(Oc3ccccc3)cccc2c1. The highest BCUT2D eigenvalue weighted by atomic mass is 16.6. The first-order valence-corrected chi connectivity index (χ1v) is 10.5. The van der Waals surface area contributed by atoms with E-state index in [2.05, 4.69) is 6.58 Å². The first kappa shape index (κ1) is 23.3. The number of hydrogen-bond acceptors (Lipinski definition) is 6. The number of carbonyl (C=O) groups is 1. The molecule has 0 aliphatic carbocycles. The zero-order chi connectivity index (χ0) is 22.6. The highest BCUT2D eigenvalue weighted by Crippen LogP contribution is 2.31. The molecular weight excluding hydrogens is 408 g/mol. The van der Waals surface area contributed by atoms with Gasteiger partial charge in [-0.15, -0.1) is 0 Å². The molecule has 0 spiro atoms. The Morgan fingerprint density at radius 3 is 2.25 bits per heavy atom. The van der Waals surface area contributed by atoms with Crippen molar-refractivity contribution in [1.82, 2.24) is 0 Å². The number of hydrogen-bond donors (Lipinski definition) is 0. The zero-order valence-corrected chi connectivity index (χ0v) is 18.3. The van der Waals surface area contributed by atoms with Crippen molar-refractivity contribution < 1.29 is 28.5 Å². The van der Waals surface area contributed by atoms with Crippen LogP contribution < -0.4 is 9.47 Å². The Bertz CT molecular complexity index is 1020. The smallest absolute Gasteiger partial charge is 0.333 e. The molecule has 3 aromatic rings. The Labute approximate surface area is 188 Å². The summed E-state index contributed by atoms with van der Waals surface area (Å²) in [6.07, 6.45) is 0. The summed E-state index contributed by atoms with van der Waals surface area (Å²) in [5.74, 6) is 1.97. The summed E-state index contributed by atoms with van der Waals surface area (Å²) in [4.78, 5) is 11.2. The maximum Gasteiger partial charge on any atom is 0.333 e. The van der Waals surface area contributed by atoms with Crippen LogP contribution in [-0.2, 0) is 19.0 Å². The number of benzene rings is 3. The van der Waals surface area contributed by atoms with Crippen LogP contribution in [0, 0.1) is 0 Å². The second-order valence-corrected chi connectivity index (χ2v) is 7.04. The molecule has 0 saturated carbocycles. The second kappa shape index (κ2) is 12.5. The van der Waals surface area contributed by atoms with Crippen molar-refractivity contribution in [2.75, 3.05) is 39.6 Å². The van der Waals surface area contributed by atoms with Gasteiger partial charge in [-0.05, 0) is 48.7 Å². The molecule has 0 bridgehead atoms. The molecule has 0 aromatic heterocycles. The molecule has 0 heterocycles. The number of para-hydroxylation sites is 1. The van der Waals surface area contributed by atoms with E-state index >= 15 is 0 Å². The van der Waals surface area contributed by atoms with E-state index in [4.69, 9.17) is 23.7 Å². The molecule has 6 heteroatoms. The first-order chi connectivity index (χ1) is 15.6. The van der Waals surface area contributed by atoms with Crippen molar-refractivity contribution >= 4 is 16.7 Å². The lowest BCUT2D eigenvalue weighted by molar-refractivity contribution is -0.140. The molecule has 0 saturated heterocycles. The van der Waals surface area contributed by atoms with Gasteiger partial charge in [0.05, 0.1) is 26.4 Å². The van der Waals surface area contributed by atoms with Crippen LogP contribution >= 0.6 is 0 Å². The van der Waals surface area contributed by atoms with E-state index in [9.17, 15) is 4.79 Å². The number of fused-ring (bicyclic) bond motifs is 1.